The number of cyclic esters (lactones) is 1. The van der Waals surface area contributed by atoms with Gasteiger partial charge in [0, 0.05) is 38.4 Å². The summed E-state index contributed by atoms with van der Waals surface area (Å²) in [7, 11) is 6.72. The molecule has 0 aromatic heterocycles. The number of aliphatic hydroxyl groups is 2. The van der Waals surface area contributed by atoms with Crippen LogP contribution < -0.4 is 0 Å². The number of ether oxygens (including phenoxy) is 10. The van der Waals surface area contributed by atoms with E-state index in [-0.39, 0.29) is 43.9 Å². The summed E-state index contributed by atoms with van der Waals surface area (Å²) in [5.41, 5.74) is 0.120. The number of likely N-dealkylation sites (N-methyl/N-ethyl adjacent to an activating group) is 1. The Morgan fingerprint density at radius 3 is 2.09 bits per heavy atom. The normalized spacial score (nSPS) is 40.5. The fraction of sp³-hybridized carbons (Fsp3) is 0.867. The monoisotopic (exact) mass is 1250 g/mol. The number of aliphatic hydroxyl groups excluding tert-OH is 2. The Morgan fingerprint density at radius 1 is 0.825 bits per heavy atom. The molecule has 20 heteroatoms. The van der Waals surface area contributed by atoms with Crippen LogP contribution in [0.5, 0.6) is 0 Å². The van der Waals surface area contributed by atoms with E-state index in [1.54, 1.807) is 26.8 Å². The van der Waals surface area contributed by atoms with Crippen molar-refractivity contribution in [3.8, 4) is 0 Å². The number of hydrogen-bond donors (Lipinski definition) is 2. The third-order valence-corrected chi connectivity index (χ3v) is 28.2. The maximum absolute atomic E-state index is 14.1. The predicted molar refractivity (Wildman–Crippen MR) is 301 cm³/mol. The van der Waals surface area contributed by atoms with Crippen LogP contribution >= 0.6 is 0 Å². The van der Waals surface area contributed by atoms with Gasteiger partial charge in [-0.05, 0) is 45.1 Å². The van der Waals surface area contributed by atoms with Crippen LogP contribution in [-0.2, 0) is 72.7 Å². The molecule has 5 heterocycles. The van der Waals surface area contributed by atoms with Crippen molar-refractivity contribution in [2.24, 2.45) is 23.7 Å². The van der Waals surface area contributed by atoms with Crippen molar-refractivity contribution < 1.29 is 82.9 Å². The number of aldehydes is 1. The fourth-order valence-electron chi connectivity index (χ4n) is 12.6. The number of carbonyl (C=O) groups excluding carboxylic acids is 4. The van der Waals surface area contributed by atoms with Crippen molar-refractivity contribution in [3.05, 3.63) is 23.8 Å². The van der Waals surface area contributed by atoms with Crippen molar-refractivity contribution in [1.82, 2.24) is 4.90 Å². The van der Waals surface area contributed by atoms with Gasteiger partial charge >= 0.3 is 234 Å². The van der Waals surface area contributed by atoms with Crippen LogP contribution in [-0.4, -0.2) is 197 Å². The number of rotatable bonds is 23. The number of methoxy groups -OCH3 is 2. The number of ketones is 1. The maximum atomic E-state index is 14.1. The Morgan fingerprint density at radius 2 is 1.49 bits per heavy atom. The summed E-state index contributed by atoms with van der Waals surface area (Å²) in [6, 6.07) is -0.640. The molecule has 0 bridgehead atoms. The second-order valence-corrected chi connectivity index (χ2v) is 33.0. The minimum atomic E-state index is -3.42. The third kappa shape index (κ3) is 17.6. The van der Waals surface area contributed by atoms with Crippen LogP contribution in [0, 0.1) is 23.7 Å². The first kappa shape index (κ1) is 68.8. The summed E-state index contributed by atoms with van der Waals surface area (Å²) in [6.45, 7) is 21.4. The number of nitrogens with zero attached hydrogens (tertiary/aromatic N) is 1. The summed E-state index contributed by atoms with van der Waals surface area (Å²) in [4.78, 5) is 56.7. The molecule has 1 spiro atoms. The Balaban J connectivity index is 1.44. The Kier molecular flexibility index (Phi) is 28.0. The number of carbonyl (C=O) groups is 4. The zero-order valence-electron chi connectivity index (χ0n) is 51.0. The van der Waals surface area contributed by atoms with Gasteiger partial charge in [-0.25, -0.2) is 0 Å². The van der Waals surface area contributed by atoms with Crippen LogP contribution in [0.3, 0.4) is 0 Å². The van der Waals surface area contributed by atoms with Gasteiger partial charge in [-0.3, -0.25) is 9.59 Å². The number of hydrogen-bond acceptors (Lipinski definition) is 19. The molecule has 5 aliphatic rings. The molecule has 80 heavy (non-hydrogen) atoms. The molecule has 0 aromatic rings. The van der Waals surface area contributed by atoms with E-state index < -0.39 is 153 Å². The number of allylic oxidation sites excluding steroid dienone is 3. The van der Waals surface area contributed by atoms with Crippen LogP contribution in [0.15, 0.2) is 23.8 Å². The summed E-state index contributed by atoms with van der Waals surface area (Å²) in [6.07, 6.45) is 0.993. The third-order valence-electron chi connectivity index (χ3n) is 17.5. The van der Waals surface area contributed by atoms with Gasteiger partial charge < -0.3 is 38.7 Å². The van der Waals surface area contributed by atoms with Crippen molar-refractivity contribution in [2.75, 3.05) is 34.9 Å². The van der Waals surface area contributed by atoms with E-state index in [4.69, 9.17) is 53.5 Å². The van der Waals surface area contributed by atoms with Crippen molar-refractivity contribution >= 4 is 43.2 Å². The molecule has 4 fully saturated rings. The predicted octanol–water partition coefficient (Wildman–Crippen LogP) is 8.07. The topological polar surface area (TPSA) is 223 Å². The van der Waals surface area contributed by atoms with E-state index in [9.17, 15) is 29.4 Å². The van der Waals surface area contributed by atoms with Gasteiger partial charge in [0.15, 0.2) is 12.1 Å². The summed E-state index contributed by atoms with van der Waals surface area (Å²) in [5.74, 6) is -4.03. The Bertz CT molecular complexity index is 1990. The molecule has 460 valence electrons. The van der Waals surface area contributed by atoms with Gasteiger partial charge in [-0.15, -0.1) is 0 Å². The Hall–Kier alpha value is -1.96. The molecule has 0 saturated carbocycles. The van der Waals surface area contributed by atoms with Gasteiger partial charge in [-0.1, -0.05) is 51.8 Å². The zero-order chi connectivity index (χ0) is 59.1. The fourth-order valence-corrected chi connectivity index (χ4v) is 25.4. The molecule has 21 atom stereocenters. The molecule has 5 aliphatic heterocycles. The molecular weight excluding hydrogens is 1140 g/mol. The van der Waals surface area contributed by atoms with E-state index in [2.05, 4.69) is 27.7 Å². The molecule has 2 N–H and O–H groups in total. The van der Waals surface area contributed by atoms with Crippen LogP contribution in [0.4, 0.5) is 0 Å². The minimum absolute atomic E-state index is 0.00474. The van der Waals surface area contributed by atoms with Crippen LogP contribution in [0.1, 0.15) is 160 Å². The number of esters is 2. The molecule has 0 aromatic carbocycles. The van der Waals surface area contributed by atoms with Crippen molar-refractivity contribution in [3.63, 3.8) is 0 Å². The average Bonchev–Trinajstić information content (AvgIpc) is 3.75. The van der Waals surface area contributed by atoms with E-state index in [1.165, 1.54) is 20.3 Å². The second kappa shape index (κ2) is 32.5. The average molecular weight is 1250 g/mol. The van der Waals surface area contributed by atoms with E-state index >= 15 is 0 Å². The first-order valence-corrected chi connectivity index (χ1v) is 36.5. The molecule has 4 saturated heterocycles. The van der Waals surface area contributed by atoms with E-state index in [0.717, 1.165) is 47.3 Å². The summed E-state index contributed by atoms with van der Waals surface area (Å²) >= 11 is -3.42. The Labute approximate surface area is 483 Å². The second-order valence-electron chi connectivity index (χ2n) is 23.7. The zero-order valence-corrected chi connectivity index (χ0v) is 53.9. The standard InChI is InChI=1S/C52H85NO18.2C4H9.Sn/c1-14-16-17-40(58)69-47-43(53(10)11)46(70-42-20-22-52(61,33(8)55)34(9)67-42)32(7)66-51(47)71-45-30(5)38(57)26-41(59)68-39(15-2)36(24-28(3)18-19-37(56)29(4)25-35(45)21-23-54)27-64-50-49(63-13)48(62-12)44(60)31(6)65-50;2*1-3-4-2;/h18-19,23-24,29-36,38-39,42-51,57,60H,14-17,20-22,25-27H2,1-13H3;2*1,3-4H2,2H3;/q-2;;;+2/b19-18+,28-24+;;;/t29-,30+,31-,32-,33?,34+,35+,36-,38-,39-,42+,43+,44-,45-,46-,47-,48-,49-,50-,51+,52+;;;/m1.../s1. The molecule has 5 rings (SSSR count). The number of unbranched alkanes of at least 4 members (excludes halogenated alkanes) is 3. The van der Waals surface area contributed by atoms with Gasteiger partial charge in [0.1, 0.15) is 30.7 Å². The molecular formula is C60H103NO18Sn. The first-order chi connectivity index (χ1) is 38.1. The van der Waals surface area contributed by atoms with Crippen molar-refractivity contribution in [1.29, 1.82) is 0 Å². The SMILES string of the molecule is CCCCC(=O)O[C@H]1[C@H](O[C@H]2[C@@H](CC=O)C[C@@H](C)C(=O)/C=C/C(C)=C/[C@H](CO[C@@H]3O[C@H](C)[C@@H](O)[C@@H](OC)[C@H]3OC)[C@@H](CC)OC(=O)C[C@@H](O)[C@@H]2C)O[C@H](C)[C@@H](O[C@H]2CC[C@@]3([O][Sn]([CH2]CCC)([CH2]CCC)[O]C3C)[C@H](C)O2)[C@@H]1N(C)C. The van der Waals surface area contributed by atoms with Gasteiger partial charge in [0.2, 0.25) is 0 Å². The molecule has 0 aliphatic carbocycles. The molecule has 0 amide bonds. The van der Waals surface area contributed by atoms with Crippen molar-refractivity contribution in [2.45, 2.75) is 272 Å². The van der Waals surface area contributed by atoms with Gasteiger partial charge in [0.05, 0.1) is 25.2 Å². The molecule has 0 radical (unpaired) electrons. The van der Waals surface area contributed by atoms with Crippen LogP contribution in [0.2, 0.25) is 8.87 Å². The first-order valence-electron chi connectivity index (χ1n) is 30.1. The summed E-state index contributed by atoms with van der Waals surface area (Å²) in [5, 5.41) is 22.9. The van der Waals surface area contributed by atoms with E-state index in [1.807, 2.05) is 52.8 Å². The van der Waals surface area contributed by atoms with Crippen LogP contribution in [0.25, 0.3) is 0 Å². The van der Waals surface area contributed by atoms with E-state index in [0.29, 0.717) is 31.3 Å². The van der Waals surface area contributed by atoms with Gasteiger partial charge in [0.25, 0.3) is 0 Å². The summed E-state index contributed by atoms with van der Waals surface area (Å²) < 4.78 is 80.2. The molecule has 19 nitrogen and oxygen atoms in total. The van der Waals surface area contributed by atoms with Gasteiger partial charge in [-0.2, -0.15) is 0 Å². The molecule has 1 unspecified atom stereocenters. The quantitative estimate of drug-likeness (QED) is 0.0561.